The molecule has 0 fully saturated rings. The summed E-state index contributed by atoms with van der Waals surface area (Å²) in [5.74, 6) is 1.52. The number of aryl methyl sites for hydroxylation is 1. The van der Waals surface area contributed by atoms with Gasteiger partial charge in [-0.25, -0.2) is 0 Å². The van der Waals surface area contributed by atoms with Crippen LogP contribution in [0, 0.1) is 18.8 Å². The molecule has 0 saturated heterocycles. The summed E-state index contributed by atoms with van der Waals surface area (Å²) in [6.45, 7) is 7.01. The van der Waals surface area contributed by atoms with Crippen molar-refractivity contribution in [1.29, 1.82) is 0 Å². The van der Waals surface area contributed by atoms with E-state index in [2.05, 4.69) is 61.2 Å². The number of hydrogen-bond donors (Lipinski definition) is 0. The Morgan fingerprint density at radius 3 is 2.45 bits per heavy atom. The Morgan fingerprint density at radius 1 is 0.955 bits per heavy atom. The lowest BCUT2D eigenvalue weighted by Crippen LogP contribution is -2.42. The van der Waals surface area contributed by atoms with Gasteiger partial charge in [-0.1, -0.05) is 55.0 Å². The second kappa shape index (κ2) is 5.46. The van der Waals surface area contributed by atoms with Gasteiger partial charge in [0.2, 0.25) is 0 Å². The van der Waals surface area contributed by atoms with Gasteiger partial charge in [0.25, 0.3) is 0 Å². The first-order valence-electron chi connectivity index (χ1n) is 8.60. The number of benzene rings is 2. The van der Waals surface area contributed by atoms with Crippen LogP contribution in [0.1, 0.15) is 29.2 Å². The Labute approximate surface area is 134 Å². The molecule has 0 bridgehead atoms. The fourth-order valence-corrected chi connectivity index (χ4v) is 4.33. The van der Waals surface area contributed by atoms with Crippen LogP contribution in [0.4, 0.5) is 5.69 Å². The van der Waals surface area contributed by atoms with E-state index in [0.29, 0.717) is 0 Å². The molecule has 2 aliphatic heterocycles. The van der Waals surface area contributed by atoms with E-state index in [-0.39, 0.29) is 0 Å². The summed E-state index contributed by atoms with van der Waals surface area (Å²) in [6.07, 6.45) is 3.69. The Balaban J connectivity index is 1.60. The van der Waals surface area contributed by atoms with Crippen molar-refractivity contribution in [3.05, 3.63) is 64.7 Å². The van der Waals surface area contributed by atoms with E-state index in [4.69, 9.17) is 0 Å². The molecule has 2 atom stereocenters. The molecule has 0 radical (unpaired) electrons. The smallest absolute Gasteiger partial charge is 0.0431 e. The third-order valence-electron chi connectivity index (χ3n) is 5.25. The van der Waals surface area contributed by atoms with Gasteiger partial charge < -0.3 is 4.90 Å². The van der Waals surface area contributed by atoms with Crippen LogP contribution in [-0.2, 0) is 19.3 Å². The van der Waals surface area contributed by atoms with Crippen LogP contribution in [0.3, 0.4) is 0 Å². The predicted molar refractivity (Wildman–Crippen MR) is 93.6 cm³/mol. The van der Waals surface area contributed by atoms with Gasteiger partial charge in [0.05, 0.1) is 0 Å². The van der Waals surface area contributed by atoms with E-state index in [1.54, 1.807) is 16.8 Å². The van der Waals surface area contributed by atoms with E-state index < -0.39 is 0 Å². The Morgan fingerprint density at radius 2 is 1.68 bits per heavy atom. The number of hydrogen-bond acceptors (Lipinski definition) is 1. The van der Waals surface area contributed by atoms with Gasteiger partial charge in [0.15, 0.2) is 0 Å². The second-order valence-electron chi connectivity index (χ2n) is 7.40. The minimum absolute atomic E-state index is 0.746. The molecule has 2 heterocycles. The average Bonchev–Trinajstić information content (AvgIpc) is 2.49. The minimum atomic E-state index is 0.746. The first-order chi connectivity index (χ1) is 10.7. The highest BCUT2D eigenvalue weighted by molar-refractivity contribution is 5.63. The largest absolute Gasteiger partial charge is 0.371 e. The van der Waals surface area contributed by atoms with E-state index in [9.17, 15) is 0 Å². The summed E-state index contributed by atoms with van der Waals surface area (Å²) in [5, 5.41) is 0. The highest BCUT2D eigenvalue weighted by atomic mass is 15.2. The summed E-state index contributed by atoms with van der Waals surface area (Å²) in [5.41, 5.74) is 7.56. The Kier molecular flexibility index (Phi) is 3.44. The summed E-state index contributed by atoms with van der Waals surface area (Å²) >= 11 is 0. The first kappa shape index (κ1) is 13.9. The van der Waals surface area contributed by atoms with Crippen molar-refractivity contribution in [2.24, 2.45) is 11.8 Å². The third-order valence-corrected chi connectivity index (χ3v) is 5.25. The number of rotatable bonds is 2. The highest BCUT2D eigenvalue weighted by Crippen LogP contribution is 2.38. The Bertz CT molecular complexity index is 671. The van der Waals surface area contributed by atoms with Gasteiger partial charge >= 0.3 is 0 Å². The van der Waals surface area contributed by atoms with Crippen molar-refractivity contribution in [2.75, 3.05) is 18.0 Å². The van der Waals surface area contributed by atoms with Crippen molar-refractivity contribution in [2.45, 2.75) is 33.1 Å². The maximum Gasteiger partial charge on any atom is 0.0431 e. The van der Waals surface area contributed by atoms with Gasteiger partial charge in [-0.2, -0.15) is 0 Å². The highest BCUT2D eigenvalue weighted by Gasteiger charge is 2.30. The van der Waals surface area contributed by atoms with Crippen LogP contribution < -0.4 is 4.90 Å². The van der Waals surface area contributed by atoms with Crippen LogP contribution >= 0.6 is 0 Å². The minimum Gasteiger partial charge on any atom is -0.371 e. The molecule has 0 spiro atoms. The zero-order chi connectivity index (χ0) is 15.1. The van der Waals surface area contributed by atoms with E-state index in [1.165, 1.54) is 43.5 Å². The zero-order valence-electron chi connectivity index (χ0n) is 13.7. The summed E-state index contributed by atoms with van der Waals surface area (Å²) in [6, 6.07) is 16.0. The van der Waals surface area contributed by atoms with Crippen molar-refractivity contribution in [3.63, 3.8) is 0 Å². The van der Waals surface area contributed by atoms with Crippen LogP contribution in [-0.4, -0.2) is 13.1 Å². The Hall–Kier alpha value is -1.76. The van der Waals surface area contributed by atoms with Gasteiger partial charge in [0, 0.05) is 18.8 Å². The molecular weight excluding hydrogens is 266 g/mol. The van der Waals surface area contributed by atoms with Gasteiger partial charge in [-0.05, 0) is 54.7 Å². The summed E-state index contributed by atoms with van der Waals surface area (Å²) in [4.78, 5) is 2.67. The summed E-state index contributed by atoms with van der Waals surface area (Å²) < 4.78 is 0. The van der Waals surface area contributed by atoms with E-state index in [1.807, 2.05) is 0 Å². The van der Waals surface area contributed by atoms with Crippen LogP contribution in [0.5, 0.6) is 0 Å². The topological polar surface area (TPSA) is 3.24 Å². The monoisotopic (exact) mass is 291 g/mol. The van der Waals surface area contributed by atoms with E-state index in [0.717, 1.165) is 11.8 Å². The molecule has 1 heteroatoms. The molecule has 114 valence electrons. The number of nitrogens with zero attached hydrogens (tertiary/aromatic N) is 1. The lowest BCUT2D eigenvalue weighted by atomic mass is 9.82. The van der Waals surface area contributed by atoms with Crippen molar-refractivity contribution >= 4 is 5.69 Å². The molecule has 0 aliphatic carbocycles. The molecule has 1 nitrogen and oxygen atoms in total. The fraction of sp³-hybridized carbons (Fsp3) is 0.429. The van der Waals surface area contributed by atoms with Crippen LogP contribution in [0.2, 0.25) is 0 Å². The second-order valence-corrected chi connectivity index (χ2v) is 7.40. The van der Waals surface area contributed by atoms with Crippen molar-refractivity contribution in [3.8, 4) is 0 Å². The molecule has 2 aromatic carbocycles. The average molecular weight is 291 g/mol. The van der Waals surface area contributed by atoms with Gasteiger partial charge in [0.1, 0.15) is 0 Å². The fourth-order valence-electron chi connectivity index (χ4n) is 4.33. The van der Waals surface area contributed by atoms with Crippen molar-refractivity contribution in [1.82, 2.24) is 0 Å². The number of para-hydroxylation sites is 1. The van der Waals surface area contributed by atoms with Crippen molar-refractivity contribution < 1.29 is 0 Å². The molecule has 2 aliphatic rings. The molecule has 2 aromatic rings. The quantitative estimate of drug-likeness (QED) is 0.792. The lowest BCUT2D eigenvalue weighted by Gasteiger charge is -2.42. The molecular formula is C21H25N. The molecule has 0 amide bonds. The summed E-state index contributed by atoms with van der Waals surface area (Å²) in [7, 11) is 0. The molecule has 2 unspecified atom stereocenters. The zero-order valence-corrected chi connectivity index (χ0v) is 13.7. The van der Waals surface area contributed by atoms with E-state index >= 15 is 0 Å². The van der Waals surface area contributed by atoms with Crippen LogP contribution in [0.25, 0.3) is 0 Å². The molecule has 0 saturated carbocycles. The molecule has 0 aromatic heterocycles. The third kappa shape index (κ3) is 2.54. The first-order valence-corrected chi connectivity index (χ1v) is 8.60. The molecule has 22 heavy (non-hydrogen) atoms. The number of anilines is 1. The SMILES string of the molecule is Cc1ccc(CC2Cc3cccc4c3N(CC(C)C4)C2)cc1. The van der Waals surface area contributed by atoms with Gasteiger partial charge in [-0.15, -0.1) is 0 Å². The molecule has 4 rings (SSSR count). The maximum atomic E-state index is 2.67. The predicted octanol–water partition coefficient (Wildman–Crippen LogP) is 4.41. The van der Waals surface area contributed by atoms with Gasteiger partial charge in [-0.3, -0.25) is 0 Å². The molecule has 0 N–H and O–H groups in total. The standard InChI is InChI=1S/C21H25N/c1-15-6-8-17(9-7-15)11-18-12-20-5-3-4-19-10-16(2)13-22(14-18)21(19)20/h3-9,16,18H,10-14H2,1-2H3. The maximum absolute atomic E-state index is 2.67. The normalized spacial score (nSPS) is 23.3. The van der Waals surface area contributed by atoms with Crippen LogP contribution in [0.15, 0.2) is 42.5 Å². The lowest BCUT2D eigenvalue weighted by molar-refractivity contribution is 0.439.